The van der Waals surface area contributed by atoms with Gasteiger partial charge >= 0.3 is 0 Å². The van der Waals surface area contributed by atoms with Gasteiger partial charge in [0.05, 0.1) is 6.54 Å². The molecule has 1 aromatic carbocycles. The number of unbranched alkanes of at least 4 members (excludes halogenated alkanes) is 1. The number of aliphatic imine (C=N–C) groups is 1. The highest BCUT2D eigenvalue weighted by Gasteiger charge is 2.05. The van der Waals surface area contributed by atoms with Gasteiger partial charge in [0.25, 0.3) is 0 Å². The van der Waals surface area contributed by atoms with E-state index in [1.807, 2.05) is 32.2 Å². The van der Waals surface area contributed by atoms with Crippen molar-refractivity contribution in [1.82, 2.24) is 10.2 Å². The van der Waals surface area contributed by atoms with Crippen molar-refractivity contribution in [2.24, 2.45) is 10.7 Å². The number of nitrogens with one attached hydrogen (secondary N) is 1. The Labute approximate surface area is 156 Å². The first-order chi connectivity index (χ1) is 10.6. The molecule has 0 aliphatic carbocycles. The van der Waals surface area contributed by atoms with Crippen molar-refractivity contribution >= 4 is 35.8 Å². The fourth-order valence-electron chi connectivity index (χ4n) is 2.04. The van der Waals surface area contributed by atoms with Crippen molar-refractivity contribution in [2.45, 2.75) is 26.3 Å². The Morgan fingerprint density at radius 2 is 2.22 bits per heavy atom. The van der Waals surface area contributed by atoms with E-state index in [1.165, 1.54) is 0 Å². The summed E-state index contributed by atoms with van der Waals surface area (Å²) in [4.78, 5) is 17.9. The van der Waals surface area contributed by atoms with E-state index in [1.54, 1.807) is 12.1 Å². The first-order valence-corrected chi connectivity index (χ1v) is 7.57. The average molecular weight is 430 g/mol. The molecule has 1 amide bonds. The number of allylic oxidation sites excluding steroid dienone is 1. The zero-order valence-corrected chi connectivity index (χ0v) is 16.2. The summed E-state index contributed by atoms with van der Waals surface area (Å²) in [5.41, 5.74) is 6.77. The molecule has 0 spiro atoms. The second kappa shape index (κ2) is 11.9. The zero-order valence-electron chi connectivity index (χ0n) is 13.9. The van der Waals surface area contributed by atoms with E-state index in [-0.39, 0.29) is 24.0 Å². The fraction of sp³-hybridized carbons (Fsp3) is 0.412. The van der Waals surface area contributed by atoms with E-state index in [2.05, 4.69) is 21.8 Å². The molecule has 0 atom stereocenters. The number of halogens is 1. The molecule has 3 N–H and O–H groups in total. The van der Waals surface area contributed by atoms with E-state index in [0.29, 0.717) is 12.1 Å². The number of primary amides is 1. The lowest BCUT2D eigenvalue weighted by Crippen LogP contribution is -2.39. The van der Waals surface area contributed by atoms with Gasteiger partial charge in [0.15, 0.2) is 5.96 Å². The highest BCUT2D eigenvalue weighted by molar-refractivity contribution is 14.0. The number of nitrogens with two attached hydrogens (primary N) is 1. The van der Waals surface area contributed by atoms with Crippen LogP contribution in [0.15, 0.2) is 41.9 Å². The van der Waals surface area contributed by atoms with Crippen molar-refractivity contribution in [3.05, 3.63) is 48.0 Å². The largest absolute Gasteiger partial charge is 0.366 e. The number of guanidine groups is 1. The summed E-state index contributed by atoms with van der Waals surface area (Å²) in [6.07, 6.45) is 3.96. The van der Waals surface area contributed by atoms with E-state index in [0.717, 1.165) is 37.5 Å². The molecular formula is C17H27IN4O. The molecule has 0 aromatic heterocycles. The van der Waals surface area contributed by atoms with Crippen molar-refractivity contribution < 1.29 is 4.79 Å². The van der Waals surface area contributed by atoms with Crippen LogP contribution in [0.3, 0.4) is 0 Å². The first kappa shape index (κ1) is 21.4. The van der Waals surface area contributed by atoms with Gasteiger partial charge in [0.1, 0.15) is 0 Å². The number of rotatable bonds is 8. The van der Waals surface area contributed by atoms with Crippen LogP contribution >= 0.6 is 24.0 Å². The predicted octanol–water partition coefficient (Wildman–Crippen LogP) is 2.77. The maximum atomic E-state index is 11.2. The zero-order chi connectivity index (χ0) is 16.4. The Kier molecular flexibility index (Phi) is 11.1. The van der Waals surface area contributed by atoms with Crippen LogP contribution in [0.4, 0.5) is 0 Å². The lowest BCUT2D eigenvalue weighted by atomic mass is 10.1. The Morgan fingerprint density at radius 1 is 1.48 bits per heavy atom. The summed E-state index contributed by atoms with van der Waals surface area (Å²) in [7, 11) is 2.02. The van der Waals surface area contributed by atoms with Gasteiger partial charge in [0.2, 0.25) is 5.91 Å². The van der Waals surface area contributed by atoms with Gasteiger partial charge in [-0.15, -0.1) is 30.6 Å². The number of carbonyl (C=O) groups excluding carboxylic acids is 1. The molecule has 0 saturated heterocycles. The molecule has 0 unspecified atom stereocenters. The molecule has 0 saturated carbocycles. The Hall–Kier alpha value is -1.57. The number of hydrogen-bond donors (Lipinski definition) is 2. The van der Waals surface area contributed by atoms with E-state index in [4.69, 9.17) is 5.73 Å². The molecular weight excluding hydrogens is 403 g/mol. The second-order valence-electron chi connectivity index (χ2n) is 5.09. The van der Waals surface area contributed by atoms with Crippen LogP contribution in [0, 0.1) is 0 Å². The molecule has 0 bridgehead atoms. The summed E-state index contributed by atoms with van der Waals surface area (Å²) in [6.45, 7) is 8.01. The maximum Gasteiger partial charge on any atom is 0.248 e. The molecule has 128 valence electrons. The molecule has 0 fully saturated rings. The van der Waals surface area contributed by atoms with Crippen LogP contribution < -0.4 is 11.1 Å². The number of benzene rings is 1. The molecule has 0 aliphatic rings. The number of carbonyl (C=O) groups is 1. The lowest BCUT2D eigenvalue weighted by molar-refractivity contribution is 0.1000. The van der Waals surface area contributed by atoms with Gasteiger partial charge in [-0.1, -0.05) is 18.2 Å². The molecule has 0 heterocycles. The minimum Gasteiger partial charge on any atom is -0.366 e. The normalized spacial score (nSPS) is 10.6. The van der Waals surface area contributed by atoms with Crippen LogP contribution in [-0.2, 0) is 6.54 Å². The van der Waals surface area contributed by atoms with Gasteiger partial charge < -0.3 is 16.0 Å². The fourth-order valence-corrected chi connectivity index (χ4v) is 2.04. The monoisotopic (exact) mass is 430 g/mol. The quantitative estimate of drug-likeness (QED) is 0.219. The van der Waals surface area contributed by atoms with Crippen LogP contribution in [0.1, 0.15) is 35.7 Å². The minimum atomic E-state index is -0.417. The van der Waals surface area contributed by atoms with E-state index >= 15 is 0 Å². The van der Waals surface area contributed by atoms with Gasteiger partial charge in [-0.3, -0.25) is 4.79 Å². The van der Waals surface area contributed by atoms with Gasteiger partial charge in [-0.05, 0) is 37.5 Å². The van der Waals surface area contributed by atoms with E-state index in [9.17, 15) is 4.79 Å². The highest BCUT2D eigenvalue weighted by Crippen LogP contribution is 2.06. The predicted molar refractivity (Wildman–Crippen MR) is 107 cm³/mol. The third-order valence-corrected chi connectivity index (χ3v) is 3.22. The molecule has 1 aromatic rings. The summed E-state index contributed by atoms with van der Waals surface area (Å²) in [5.74, 6) is 0.440. The van der Waals surface area contributed by atoms with Crippen LogP contribution in [0.2, 0.25) is 0 Å². The van der Waals surface area contributed by atoms with Crippen molar-refractivity contribution in [1.29, 1.82) is 0 Å². The molecule has 5 nitrogen and oxygen atoms in total. The second-order valence-corrected chi connectivity index (χ2v) is 5.09. The summed E-state index contributed by atoms with van der Waals surface area (Å²) in [6, 6.07) is 7.26. The first-order valence-electron chi connectivity index (χ1n) is 7.57. The number of amides is 1. The molecule has 0 aliphatic heterocycles. The molecule has 1 rings (SSSR count). The summed E-state index contributed by atoms with van der Waals surface area (Å²) >= 11 is 0. The van der Waals surface area contributed by atoms with Gasteiger partial charge in [-0.2, -0.15) is 0 Å². The smallest absolute Gasteiger partial charge is 0.248 e. The highest BCUT2D eigenvalue weighted by atomic mass is 127. The Morgan fingerprint density at radius 3 is 2.83 bits per heavy atom. The Balaban J connectivity index is 0.00000484. The van der Waals surface area contributed by atoms with Crippen molar-refractivity contribution in [3.8, 4) is 0 Å². The summed E-state index contributed by atoms with van der Waals surface area (Å²) in [5, 5.41) is 3.28. The van der Waals surface area contributed by atoms with Gasteiger partial charge in [-0.25, -0.2) is 4.99 Å². The maximum absolute atomic E-state index is 11.2. The average Bonchev–Trinajstić information content (AvgIpc) is 2.51. The number of nitrogens with zero attached hydrogens (tertiary/aromatic N) is 2. The number of hydrogen-bond acceptors (Lipinski definition) is 2. The Bertz CT molecular complexity index is 531. The summed E-state index contributed by atoms with van der Waals surface area (Å²) < 4.78 is 0. The standard InChI is InChI=1S/C17H26N4O.HI/c1-4-6-7-11-21(3)17(19-5-2)20-13-14-9-8-10-15(12-14)16(18)22;/h4,8-10,12H,1,5-7,11,13H2,2-3H3,(H2,18,22)(H,19,20);1H. The third kappa shape index (κ3) is 8.01. The van der Waals surface area contributed by atoms with Gasteiger partial charge in [0, 0.05) is 25.7 Å². The molecule has 6 heteroatoms. The molecule has 0 radical (unpaired) electrons. The topological polar surface area (TPSA) is 70.7 Å². The van der Waals surface area contributed by atoms with Crippen molar-refractivity contribution in [3.63, 3.8) is 0 Å². The minimum absolute atomic E-state index is 0. The SMILES string of the molecule is C=CCCCN(C)C(=NCc1cccc(C(N)=O)c1)NCC.I. The third-order valence-electron chi connectivity index (χ3n) is 3.22. The van der Waals surface area contributed by atoms with E-state index < -0.39 is 5.91 Å². The van der Waals surface area contributed by atoms with Crippen molar-refractivity contribution in [2.75, 3.05) is 20.1 Å². The van der Waals surface area contributed by atoms with Crippen LogP contribution in [-0.4, -0.2) is 36.9 Å². The molecule has 23 heavy (non-hydrogen) atoms. The van der Waals surface area contributed by atoms with Crippen LogP contribution in [0.5, 0.6) is 0 Å². The lowest BCUT2D eigenvalue weighted by Gasteiger charge is -2.21. The van der Waals surface area contributed by atoms with Crippen LogP contribution in [0.25, 0.3) is 0 Å².